The fourth-order valence-electron chi connectivity index (χ4n) is 4.87. The van der Waals surface area contributed by atoms with E-state index in [1.807, 2.05) is 25.1 Å². The van der Waals surface area contributed by atoms with Gasteiger partial charge in [0, 0.05) is 29.7 Å². The second-order valence-corrected chi connectivity index (χ2v) is 10.5. The van der Waals surface area contributed by atoms with Gasteiger partial charge in [0.05, 0.1) is 0 Å². The van der Waals surface area contributed by atoms with Crippen molar-refractivity contribution in [2.24, 2.45) is 0 Å². The van der Waals surface area contributed by atoms with Crippen LogP contribution in [0.5, 0.6) is 0 Å². The van der Waals surface area contributed by atoms with E-state index in [9.17, 15) is 19.2 Å². The van der Waals surface area contributed by atoms with Crippen LogP contribution >= 0.6 is 22.6 Å². The second-order valence-electron chi connectivity index (χ2n) is 9.45. The number of nitrogens with zero attached hydrogens (tertiary/aromatic N) is 1. The summed E-state index contributed by atoms with van der Waals surface area (Å²) in [5.41, 5.74) is 1.23. The number of hydrogen-bond donors (Lipinski definition) is 1. The van der Waals surface area contributed by atoms with Crippen LogP contribution in [-0.2, 0) is 19.1 Å². The van der Waals surface area contributed by atoms with E-state index in [0.29, 0.717) is 23.3 Å². The van der Waals surface area contributed by atoms with Crippen LogP contribution in [0.2, 0.25) is 0 Å². The van der Waals surface area contributed by atoms with Crippen molar-refractivity contribution in [1.82, 2.24) is 10.2 Å². The Bertz CT molecular complexity index is 1100. The van der Waals surface area contributed by atoms with Gasteiger partial charge in [-0.15, -0.1) is 0 Å². The number of imide groups is 2. The Hall–Kier alpha value is -2.33. The van der Waals surface area contributed by atoms with Gasteiger partial charge >= 0.3 is 0 Å². The molecule has 1 aromatic rings. The van der Waals surface area contributed by atoms with Gasteiger partial charge in [-0.05, 0) is 54.4 Å². The predicted molar refractivity (Wildman–Crippen MR) is 142 cm³/mol. The highest BCUT2D eigenvalue weighted by molar-refractivity contribution is 14.1. The molecule has 1 aliphatic carbocycles. The Morgan fingerprint density at radius 3 is 2.54 bits per heavy atom. The van der Waals surface area contributed by atoms with Crippen molar-refractivity contribution in [3.63, 3.8) is 0 Å². The molecule has 35 heavy (non-hydrogen) atoms. The molecule has 4 rings (SSSR count). The van der Waals surface area contributed by atoms with Crippen LogP contribution in [0.3, 0.4) is 0 Å². The maximum Gasteiger partial charge on any atom is 0.262 e. The average molecular weight is 590 g/mol. The molecule has 2 heterocycles. The Balaban J connectivity index is 1.56. The number of amides is 4. The lowest BCUT2D eigenvalue weighted by Crippen LogP contribution is -2.57. The van der Waals surface area contributed by atoms with E-state index >= 15 is 0 Å². The normalized spacial score (nSPS) is 23.7. The molecular formula is C27H31IN2O5. The summed E-state index contributed by atoms with van der Waals surface area (Å²) in [5.74, 6) is -2.06. The van der Waals surface area contributed by atoms with Gasteiger partial charge in [0.2, 0.25) is 11.8 Å². The van der Waals surface area contributed by atoms with Gasteiger partial charge < -0.3 is 4.74 Å². The Labute approximate surface area is 219 Å². The Morgan fingerprint density at radius 2 is 1.80 bits per heavy atom. The molecule has 8 heteroatoms. The van der Waals surface area contributed by atoms with Crippen LogP contribution in [-0.4, -0.2) is 51.2 Å². The minimum absolute atomic E-state index is 0.0832. The monoisotopic (exact) mass is 590 g/mol. The molecule has 7 nitrogen and oxygen atoms in total. The zero-order valence-corrected chi connectivity index (χ0v) is 22.1. The smallest absolute Gasteiger partial charge is 0.262 e. The summed E-state index contributed by atoms with van der Waals surface area (Å²) in [5, 5.41) is 2.25. The number of carbonyl (C=O) groups excluding carboxylic acids is 4. The van der Waals surface area contributed by atoms with Gasteiger partial charge in [-0.3, -0.25) is 29.4 Å². The van der Waals surface area contributed by atoms with Crippen LogP contribution in [0.1, 0.15) is 79.8 Å². The first-order valence-electron chi connectivity index (χ1n) is 12.3. The molecule has 2 unspecified atom stereocenters. The third-order valence-corrected chi connectivity index (χ3v) is 7.51. The number of alkyl halides is 1. The Morgan fingerprint density at radius 1 is 1.06 bits per heavy atom. The lowest BCUT2D eigenvalue weighted by Gasteiger charge is -2.36. The average Bonchev–Trinajstić information content (AvgIpc) is 2.98. The summed E-state index contributed by atoms with van der Waals surface area (Å²) in [6, 6.07) is 4.30. The molecule has 1 aromatic carbocycles. The summed E-state index contributed by atoms with van der Waals surface area (Å²) in [7, 11) is 0. The van der Waals surface area contributed by atoms with E-state index in [2.05, 4.69) is 27.9 Å². The van der Waals surface area contributed by atoms with Crippen molar-refractivity contribution in [3.05, 3.63) is 47.0 Å². The quantitative estimate of drug-likeness (QED) is 0.188. The van der Waals surface area contributed by atoms with E-state index in [4.69, 9.17) is 4.74 Å². The van der Waals surface area contributed by atoms with Crippen LogP contribution in [0, 0.1) is 0 Å². The van der Waals surface area contributed by atoms with Gasteiger partial charge in [-0.1, -0.05) is 66.5 Å². The fourth-order valence-corrected chi connectivity index (χ4v) is 5.41. The SMILES string of the molecule is CC1(OCCCCCCCCI)C=Cc2cccc3c2C(=C1)C(=O)N(C1CCC(=O)NC1=O)C3=O. The Kier molecular flexibility index (Phi) is 8.21. The zero-order valence-electron chi connectivity index (χ0n) is 20.0. The number of carbonyl (C=O) groups is 4. The number of hydrogen-bond acceptors (Lipinski definition) is 5. The third kappa shape index (κ3) is 5.58. The zero-order chi connectivity index (χ0) is 25.0. The first-order chi connectivity index (χ1) is 16.8. The number of piperidine rings is 1. The highest BCUT2D eigenvalue weighted by atomic mass is 127. The molecular weight excluding hydrogens is 559 g/mol. The predicted octanol–water partition coefficient (Wildman–Crippen LogP) is 4.44. The first-order valence-corrected chi connectivity index (χ1v) is 13.8. The van der Waals surface area contributed by atoms with Gasteiger partial charge in [-0.2, -0.15) is 0 Å². The van der Waals surface area contributed by atoms with E-state index in [1.54, 1.807) is 18.2 Å². The van der Waals surface area contributed by atoms with E-state index < -0.39 is 35.3 Å². The second kappa shape index (κ2) is 11.2. The van der Waals surface area contributed by atoms with Crippen molar-refractivity contribution in [2.45, 2.75) is 69.9 Å². The standard InChI is InChI=1S/C27H31IN2O5/c1-27(35-16-7-5-3-2-4-6-15-28)14-13-18-9-8-10-19-23(18)20(17-27)26(34)30(25(19)33)21-11-12-22(31)29-24(21)32/h8-10,13-14,17,21H,2-7,11-12,15-16H2,1H3,(H,29,31,32). The molecule has 1 N–H and O–H groups in total. The molecule has 2 aliphatic heterocycles. The van der Waals surface area contributed by atoms with Crippen molar-refractivity contribution in [1.29, 1.82) is 0 Å². The maximum absolute atomic E-state index is 13.7. The first kappa shape index (κ1) is 25.8. The summed E-state index contributed by atoms with van der Waals surface area (Å²) >= 11 is 2.41. The van der Waals surface area contributed by atoms with E-state index in [1.165, 1.54) is 30.1 Å². The summed E-state index contributed by atoms with van der Waals surface area (Å²) in [4.78, 5) is 52.2. The van der Waals surface area contributed by atoms with Crippen molar-refractivity contribution in [2.75, 3.05) is 11.0 Å². The van der Waals surface area contributed by atoms with Gasteiger partial charge in [0.1, 0.15) is 11.6 Å². The van der Waals surface area contributed by atoms with Crippen molar-refractivity contribution in [3.8, 4) is 0 Å². The van der Waals surface area contributed by atoms with E-state index in [0.717, 1.165) is 23.3 Å². The number of ether oxygens (including phenoxy) is 1. The molecule has 0 bridgehead atoms. The highest BCUT2D eigenvalue weighted by Crippen LogP contribution is 2.38. The fraction of sp³-hybridized carbons (Fsp3) is 0.481. The summed E-state index contributed by atoms with van der Waals surface area (Å²) in [6.07, 6.45) is 12.8. The van der Waals surface area contributed by atoms with Crippen LogP contribution < -0.4 is 5.32 Å². The van der Waals surface area contributed by atoms with Crippen molar-refractivity contribution >= 4 is 57.9 Å². The van der Waals surface area contributed by atoms with Crippen LogP contribution in [0.25, 0.3) is 11.6 Å². The number of unbranched alkanes of at least 4 members (excludes halogenated alkanes) is 5. The highest BCUT2D eigenvalue weighted by Gasteiger charge is 2.45. The third-order valence-electron chi connectivity index (χ3n) is 6.75. The molecule has 1 saturated heterocycles. The van der Waals surface area contributed by atoms with E-state index in [-0.39, 0.29) is 12.8 Å². The number of rotatable bonds is 10. The van der Waals surface area contributed by atoms with Crippen LogP contribution in [0.4, 0.5) is 0 Å². The number of benzene rings is 1. The molecule has 0 saturated carbocycles. The molecule has 4 amide bonds. The lowest BCUT2D eigenvalue weighted by molar-refractivity contribution is -0.141. The topological polar surface area (TPSA) is 92.8 Å². The van der Waals surface area contributed by atoms with Crippen molar-refractivity contribution < 1.29 is 23.9 Å². The summed E-state index contributed by atoms with van der Waals surface area (Å²) < 4.78 is 7.46. The molecule has 186 valence electrons. The van der Waals surface area contributed by atoms with Gasteiger partial charge in [0.15, 0.2) is 0 Å². The molecule has 0 spiro atoms. The minimum atomic E-state index is -1.01. The summed E-state index contributed by atoms with van der Waals surface area (Å²) in [6.45, 7) is 2.46. The largest absolute Gasteiger partial charge is 0.367 e. The molecule has 3 aliphatic rings. The van der Waals surface area contributed by atoms with Gasteiger partial charge in [0.25, 0.3) is 11.8 Å². The molecule has 2 atom stereocenters. The number of halogens is 1. The lowest BCUT2D eigenvalue weighted by atomic mass is 9.87. The minimum Gasteiger partial charge on any atom is -0.367 e. The van der Waals surface area contributed by atoms with Crippen LogP contribution in [0.15, 0.2) is 30.4 Å². The van der Waals surface area contributed by atoms with Gasteiger partial charge in [-0.25, -0.2) is 0 Å². The maximum atomic E-state index is 13.7. The molecule has 0 radical (unpaired) electrons. The molecule has 1 fully saturated rings. The number of nitrogens with one attached hydrogen (secondary N) is 1. The molecule has 0 aromatic heterocycles.